The molecule has 1 N–H and O–H groups in total. The highest BCUT2D eigenvalue weighted by Gasteiger charge is 2.16. The predicted octanol–water partition coefficient (Wildman–Crippen LogP) is 20.5. The Morgan fingerprint density at radius 3 is 0.943 bits per heavy atom. The van der Waals surface area contributed by atoms with Gasteiger partial charge in [0, 0.05) is 12.8 Å². The molecular weight excluding hydrogens is 861 g/mol. The van der Waals surface area contributed by atoms with Crippen LogP contribution in [0.4, 0.5) is 0 Å². The number of hydrogen-bond donors (Lipinski definition) is 1. The summed E-state index contributed by atoms with van der Waals surface area (Å²) in [4.78, 5) is 24.6. The molecule has 5 heteroatoms. The zero-order chi connectivity index (χ0) is 50.6. The lowest BCUT2D eigenvalue weighted by Gasteiger charge is -2.15. The fourth-order valence-electron chi connectivity index (χ4n) is 8.67. The number of rotatable bonds is 55. The number of aliphatic hydroxyl groups excluding tert-OH is 1. The summed E-state index contributed by atoms with van der Waals surface area (Å²) in [5.41, 5.74) is 0. The molecule has 1 atom stereocenters. The van der Waals surface area contributed by atoms with Gasteiger partial charge in [-0.05, 0) is 89.9 Å². The van der Waals surface area contributed by atoms with Crippen LogP contribution in [0.15, 0.2) is 85.1 Å². The van der Waals surface area contributed by atoms with Gasteiger partial charge in [0.05, 0.1) is 6.61 Å². The van der Waals surface area contributed by atoms with Gasteiger partial charge in [-0.2, -0.15) is 0 Å². The minimum Gasteiger partial charge on any atom is -0.462 e. The Morgan fingerprint density at radius 2 is 0.614 bits per heavy atom. The number of carbonyl (C=O) groups is 2. The molecule has 0 aromatic heterocycles. The second-order valence-corrected chi connectivity index (χ2v) is 20.0. The van der Waals surface area contributed by atoms with E-state index in [1.165, 1.54) is 186 Å². The Labute approximate surface area is 435 Å². The van der Waals surface area contributed by atoms with Crippen molar-refractivity contribution in [3.05, 3.63) is 85.1 Å². The Kier molecular flexibility index (Phi) is 57.9. The molecule has 0 aliphatic rings. The Bertz CT molecular complexity index is 1290. The molecule has 0 rings (SSSR count). The molecule has 0 aromatic rings. The van der Waals surface area contributed by atoms with Gasteiger partial charge in [-0.3, -0.25) is 9.59 Å². The van der Waals surface area contributed by atoms with E-state index in [0.717, 1.165) is 83.5 Å². The van der Waals surface area contributed by atoms with E-state index in [2.05, 4.69) is 98.9 Å². The highest BCUT2D eigenvalue weighted by Crippen LogP contribution is 2.17. The van der Waals surface area contributed by atoms with Gasteiger partial charge in [0.2, 0.25) is 0 Å². The topological polar surface area (TPSA) is 72.8 Å². The van der Waals surface area contributed by atoms with Crippen molar-refractivity contribution in [2.24, 2.45) is 0 Å². The van der Waals surface area contributed by atoms with E-state index in [-0.39, 0.29) is 25.2 Å². The van der Waals surface area contributed by atoms with Gasteiger partial charge in [-0.25, -0.2) is 0 Å². The van der Waals surface area contributed by atoms with Crippen molar-refractivity contribution >= 4 is 11.9 Å². The van der Waals surface area contributed by atoms with Crippen molar-refractivity contribution < 1.29 is 24.2 Å². The number of unbranched alkanes of at least 4 members (excludes halogenated alkanes) is 33. The molecule has 70 heavy (non-hydrogen) atoms. The molecule has 5 nitrogen and oxygen atoms in total. The second kappa shape index (κ2) is 60.4. The van der Waals surface area contributed by atoms with Crippen LogP contribution >= 0.6 is 0 Å². The highest BCUT2D eigenvalue weighted by molar-refractivity contribution is 5.70. The van der Waals surface area contributed by atoms with E-state index < -0.39 is 6.10 Å². The van der Waals surface area contributed by atoms with Crippen LogP contribution in [0.2, 0.25) is 0 Å². The number of carbonyl (C=O) groups excluding carboxylic acids is 2. The third-order valence-electron chi connectivity index (χ3n) is 13.2. The monoisotopic (exact) mass is 975 g/mol. The molecule has 0 bridgehead atoms. The van der Waals surface area contributed by atoms with Gasteiger partial charge in [0.1, 0.15) is 6.61 Å². The number of ether oxygens (including phenoxy) is 2. The summed E-state index contributed by atoms with van der Waals surface area (Å²) in [6.45, 7) is 4.05. The third-order valence-corrected chi connectivity index (χ3v) is 13.2. The fraction of sp³-hybridized carbons (Fsp3) is 0.754. The average molecular weight is 976 g/mol. The van der Waals surface area contributed by atoms with Crippen LogP contribution in [0.1, 0.15) is 296 Å². The first kappa shape index (κ1) is 67.1. The summed E-state index contributed by atoms with van der Waals surface area (Å²) < 4.78 is 10.7. The van der Waals surface area contributed by atoms with Crippen LogP contribution in [-0.4, -0.2) is 36.4 Å². The fourth-order valence-corrected chi connectivity index (χ4v) is 8.67. The molecular formula is C65H114O5. The van der Waals surface area contributed by atoms with Gasteiger partial charge in [-0.15, -0.1) is 0 Å². The zero-order valence-electron chi connectivity index (χ0n) is 46.3. The summed E-state index contributed by atoms with van der Waals surface area (Å²) in [5, 5.41) is 9.67. The van der Waals surface area contributed by atoms with E-state index in [4.69, 9.17) is 9.47 Å². The molecule has 1 unspecified atom stereocenters. The highest BCUT2D eigenvalue weighted by atomic mass is 16.6. The predicted molar refractivity (Wildman–Crippen MR) is 306 cm³/mol. The van der Waals surface area contributed by atoms with Crippen molar-refractivity contribution in [3.63, 3.8) is 0 Å². The van der Waals surface area contributed by atoms with Gasteiger partial charge in [0.25, 0.3) is 0 Å². The van der Waals surface area contributed by atoms with Crippen molar-refractivity contribution in [2.75, 3.05) is 13.2 Å². The first-order valence-corrected chi connectivity index (χ1v) is 30.1. The summed E-state index contributed by atoms with van der Waals surface area (Å²) >= 11 is 0. The van der Waals surface area contributed by atoms with Gasteiger partial charge in [0.15, 0.2) is 6.10 Å². The van der Waals surface area contributed by atoms with Crippen LogP contribution < -0.4 is 0 Å². The zero-order valence-corrected chi connectivity index (χ0v) is 46.3. The van der Waals surface area contributed by atoms with E-state index in [1.807, 2.05) is 0 Å². The maximum Gasteiger partial charge on any atom is 0.306 e. The standard InChI is InChI=1S/C65H114O5/c1-3-5-7-9-11-13-15-17-19-21-23-25-27-29-31-32-34-35-37-39-41-43-45-47-49-51-53-55-57-59-64(67)69-62-63(61-66)70-65(68)60-58-56-54-52-50-48-46-44-42-40-38-36-33-30-28-26-24-22-20-18-16-14-12-10-8-6-4-2/h6,8,12,14,18,20-21,23-24,26,30,33,38,40,63,66H,3-5,7,9-11,13,15-17,19,22,25,27-29,31-32,34-37,39,41-62H2,1-2H3/b8-6-,14-12-,20-18-,23-21-,26-24-,33-30-,40-38-. The smallest absolute Gasteiger partial charge is 0.306 e. The number of allylic oxidation sites excluding steroid dienone is 14. The maximum atomic E-state index is 12.3. The van der Waals surface area contributed by atoms with Crippen LogP contribution in [0.5, 0.6) is 0 Å². The van der Waals surface area contributed by atoms with Crippen LogP contribution in [0.25, 0.3) is 0 Å². The molecule has 0 saturated heterocycles. The molecule has 404 valence electrons. The van der Waals surface area contributed by atoms with E-state index in [9.17, 15) is 14.7 Å². The normalized spacial score (nSPS) is 12.8. The molecule has 0 radical (unpaired) electrons. The molecule has 0 fully saturated rings. The quantitative estimate of drug-likeness (QED) is 0.0373. The first-order valence-electron chi connectivity index (χ1n) is 30.1. The van der Waals surface area contributed by atoms with Crippen molar-refractivity contribution in [2.45, 2.75) is 302 Å². The lowest BCUT2D eigenvalue weighted by atomic mass is 10.0. The summed E-state index contributed by atoms with van der Waals surface area (Å²) in [6.07, 6.45) is 84.3. The molecule has 0 aromatic carbocycles. The minimum absolute atomic E-state index is 0.0705. The lowest BCUT2D eigenvalue weighted by molar-refractivity contribution is -0.161. The van der Waals surface area contributed by atoms with Crippen LogP contribution in [0.3, 0.4) is 0 Å². The summed E-state index contributed by atoms with van der Waals surface area (Å²) in [6, 6.07) is 0. The summed E-state index contributed by atoms with van der Waals surface area (Å²) in [7, 11) is 0. The minimum atomic E-state index is -0.781. The van der Waals surface area contributed by atoms with Crippen LogP contribution in [-0.2, 0) is 19.1 Å². The lowest BCUT2D eigenvalue weighted by Crippen LogP contribution is -2.28. The largest absolute Gasteiger partial charge is 0.462 e. The van der Waals surface area contributed by atoms with Crippen molar-refractivity contribution in [3.8, 4) is 0 Å². The maximum absolute atomic E-state index is 12.3. The molecule has 0 aliphatic heterocycles. The Morgan fingerprint density at radius 1 is 0.343 bits per heavy atom. The summed E-state index contributed by atoms with van der Waals surface area (Å²) in [5.74, 6) is -0.593. The van der Waals surface area contributed by atoms with E-state index in [0.29, 0.717) is 12.8 Å². The van der Waals surface area contributed by atoms with E-state index in [1.54, 1.807) is 0 Å². The average Bonchev–Trinajstić information content (AvgIpc) is 3.36. The number of aliphatic hydroxyl groups is 1. The molecule has 0 heterocycles. The first-order chi connectivity index (χ1) is 34.6. The Hall–Kier alpha value is -2.92. The SMILES string of the molecule is CC/C=C\C/C=C\C/C=C\C/C=C\C/C=C\C/C=C\CCCCCCCCCCC(=O)OC(CO)COC(=O)CCCCCCCCCCCCCCCCCCC/C=C\CCCCCCCCCC. The number of hydrogen-bond acceptors (Lipinski definition) is 5. The van der Waals surface area contributed by atoms with Gasteiger partial charge < -0.3 is 14.6 Å². The number of esters is 2. The van der Waals surface area contributed by atoms with Crippen LogP contribution in [0, 0.1) is 0 Å². The second-order valence-electron chi connectivity index (χ2n) is 20.0. The molecule has 0 aliphatic carbocycles. The van der Waals surface area contributed by atoms with E-state index >= 15 is 0 Å². The van der Waals surface area contributed by atoms with Gasteiger partial charge in [-0.1, -0.05) is 279 Å². The van der Waals surface area contributed by atoms with Crippen molar-refractivity contribution in [1.29, 1.82) is 0 Å². The Balaban J connectivity index is 3.49. The van der Waals surface area contributed by atoms with Gasteiger partial charge >= 0.3 is 11.9 Å². The molecule has 0 saturated carbocycles. The van der Waals surface area contributed by atoms with Crippen molar-refractivity contribution in [1.82, 2.24) is 0 Å². The third kappa shape index (κ3) is 57.7. The molecule has 0 spiro atoms. The molecule has 0 amide bonds.